The van der Waals surface area contributed by atoms with Gasteiger partial charge in [-0.25, -0.2) is 4.79 Å². The Morgan fingerprint density at radius 1 is 1.00 bits per heavy atom. The Morgan fingerprint density at radius 2 is 1.59 bits per heavy atom. The number of anilines is 1. The largest absolute Gasteiger partial charge is 1.00 e. The molecule has 0 bridgehead atoms. The molecule has 2 rings (SSSR count). The van der Waals surface area contributed by atoms with Crippen LogP contribution in [-0.2, 0) is 27.1 Å². The third-order valence-electron chi connectivity index (χ3n) is 4.44. The van der Waals surface area contributed by atoms with Gasteiger partial charge in [-0.05, 0) is 68.3 Å². The number of amides is 1. The Labute approximate surface area is 228 Å². The van der Waals surface area contributed by atoms with Gasteiger partial charge < -0.3 is 19.7 Å². The average molecular weight is 500 g/mol. The molecule has 0 heterocycles. The zero-order chi connectivity index (χ0) is 23.6. The van der Waals surface area contributed by atoms with E-state index >= 15 is 0 Å². The van der Waals surface area contributed by atoms with Crippen molar-refractivity contribution < 1.29 is 58.8 Å². The molecule has 0 aliphatic carbocycles. The number of methoxy groups -OCH3 is 1. The fourth-order valence-electron chi connectivity index (χ4n) is 2.94. The Morgan fingerprint density at radius 3 is 2.12 bits per heavy atom. The number of rotatable bonds is 10. The number of nitrogens with one attached hydrogen (secondary N) is 1. The van der Waals surface area contributed by atoms with E-state index in [0.29, 0.717) is 18.7 Å². The van der Waals surface area contributed by atoms with Crippen LogP contribution in [-0.4, -0.2) is 47.9 Å². The fraction of sp³-hybridized carbons (Fsp3) is 0.440. The van der Waals surface area contributed by atoms with Gasteiger partial charge in [0.15, 0.2) is 0 Å². The molecular weight excluding hydrogens is 465 g/mol. The second-order valence-corrected chi connectivity index (χ2v) is 9.72. The summed E-state index contributed by atoms with van der Waals surface area (Å²) in [6, 6.07) is 15.4. The molecule has 0 spiro atoms. The van der Waals surface area contributed by atoms with Crippen LogP contribution in [0.25, 0.3) is 0 Å². The van der Waals surface area contributed by atoms with Gasteiger partial charge in [0.05, 0.1) is 13.7 Å². The summed E-state index contributed by atoms with van der Waals surface area (Å²) in [6.07, 6.45) is 0.907. The van der Waals surface area contributed by atoms with E-state index in [1.807, 2.05) is 76.2 Å². The van der Waals surface area contributed by atoms with Crippen molar-refractivity contribution in [3.8, 4) is 5.75 Å². The quantitative estimate of drug-likeness (QED) is 0.395. The van der Waals surface area contributed by atoms with Crippen molar-refractivity contribution in [2.24, 2.45) is 0 Å². The maximum absolute atomic E-state index is 11.9. The topological polar surface area (TPSA) is 104 Å². The molecule has 1 amide bonds. The molecule has 0 aliphatic rings. The zero-order valence-electron chi connectivity index (χ0n) is 20.9. The van der Waals surface area contributed by atoms with E-state index < -0.39 is 11.7 Å². The van der Waals surface area contributed by atoms with E-state index in [1.165, 1.54) is 7.11 Å². The maximum atomic E-state index is 11.9. The second-order valence-electron chi connectivity index (χ2n) is 8.24. The van der Waals surface area contributed by atoms with Crippen LogP contribution in [0.3, 0.4) is 0 Å². The SMILES string of the molecule is CCSC(Cc1ccc(OCCc2ccc(NC(=O)OC(C)(C)C)cc2)cc1)C(=O)OC.[Na+].[OH-]. The first-order valence-corrected chi connectivity index (χ1v) is 11.7. The van der Waals surface area contributed by atoms with Gasteiger partial charge in [-0.15, -0.1) is 11.8 Å². The molecule has 2 N–H and O–H groups in total. The minimum Gasteiger partial charge on any atom is -0.870 e. The smallest absolute Gasteiger partial charge is 0.870 e. The van der Waals surface area contributed by atoms with E-state index in [-0.39, 0.29) is 46.3 Å². The van der Waals surface area contributed by atoms with Crippen LogP contribution in [0.15, 0.2) is 48.5 Å². The summed E-state index contributed by atoms with van der Waals surface area (Å²) >= 11 is 1.59. The number of hydrogen-bond acceptors (Lipinski definition) is 7. The van der Waals surface area contributed by atoms with Crippen molar-refractivity contribution in [3.05, 3.63) is 59.7 Å². The molecule has 34 heavy (non-hydrogen) atoms. The van der Waals surface area contributed by atoms with Gasteiger partial charge in [0.1, 0.15) is 16.6 Å². The number of thioether (sulfide) groups is 1. The summed E-state index contributed by atoms with van der Waals surface area (Å²) < 4.78 is 16.0. The molecule has 0 radical (unpaired) electrons. The molecule has 182 valence electrons. The molecular formula is C25H34NNaO6S. The molecule has 0 saturated heterocycles. The number of hydrogen-bond donors (Lipinski definition) is 1. The van der Waals surface area contributed by atoms with Crippen molar-refractivity contribution in [2.75, 3.05) is 24.8 Å². The minimum absolute atomic E-state index is 0. The number of ether oxygens (including phenoxy) is 3. The average Bonchev–Trinajstić information content (AvgIpc) is 2.74. The molecule has 0 fully saturated rings. The van der Waals surface area contributed by atoms with Gasteiger partial charge in [-0.3, -0.25) is 10.1 Å². The maximum Gasteiger partial charge on any atom is 1.00 e. The summed E-state index contributed by atoms with van der Waals surface area (Å²) in [5.41, 5.74) is 2.33. The first-order valence-electron chi connectivity index (χ1n) is 10.7. The van der Waals surface area contributed by atoms with Crippen LogP contribution in [0.2, 0.25) is 0 Å². The van der Waals surface area contributed by atoms with Crippen LogP contribution in [0.5, 0.6) is 5.75 Å². The van der Waals surface area contributed by atoms with Crippen molar-refractivity contribution in [1.82, 2.24) is 0 Å². The zero-order valence-corrected chi connectivity index (χ0v) is 23.7. The van der Waals surface area contributed by atoms with E-state index in [9.17, 15) is 9.59 Å². The Balaban J connectivity index is 0.00000544. The van der Waals surface area contributed by atoms with Crippen LogP contribution in [0.4, 0.5) is 10.5 Å². The third-order valence-corrected chi connectivity index (χ3v) is 5.53. The Hall–Kier alpha value is -1.71. The molecule has 9 heteroatoms. The number of benzene rings is 2. The predicted octanol–water partition coefficient (Wildman–Crippen LogP) is 2.32. The van der Waals surface area contributed by atoms with Gasteiger partial charge in [-0.1, -0.05) is 31.2 Å². The molecule has 1 unspecified atom stereocenters. The molecule has 2 aromatic carbocycles. The first-order chi connectivity index (χ1) is 15.2. The Kier molecular flexibility index (Phi) is 15.2. The van der Waals surface area contributed by atoms with Gasteiger partial charge >= 0.3 is 41.6 Å². The first kappa shape index (κ1) is 32.3. The third kappa shape index (κ3) is 12.1. The fourth-order valence-corrected chi connectivity index (χ4v) is 3.89. The number of carbonyl (C=O) groups excluding carboxylic acids is 2. The summed E-state index contributed by atoms with van der Waals surface area (Å²) in [7, 11) is 1.42. The molecule has 1 atom stereocenters. The predicted molar refractivity (Wildman–Crippen MR) is 132 cm³/mol. The minimum atomic E-state index is -0.531. The van der Waals surface area contributed by atoms with E-state index in [2.05, 4.69) is 5.32 Å². The molecule has 0 aliphatic heterocycles. The summed E-state index contributed by atoms with van der Waals surface area (Å²) in [6.45, 7) is 8.05. The summed E-state index contributed by atoms with van der Waals surface area (Å²) in [4.78, 5) is 23.7. The number of esters is 1. The molecule has 0 saturated carbocycles. The summed E-state index contributed by atoms with van der Waals surface area (Å²) in [5.74, 6) is 1.46. The van der Waals surface area contributed by atoms with Gasteiger partial charge in [-0.2, -0.15) is 0 Å². The van der Waals surface area contributed by atoms with Crippen molar-refractivity contribution >= 4 is 29.5 Å². The van der Waals surface area contributed by atoms with E-state index in [4.69, 9.17) is 14.2 Å². The molecule has 0 aromatic heterocycles. The monoisotopic (exact) mass is 499 g/mol. The summed E-state index contributed by atoms with van der Waals surface area (Å²) in [5, 5.41) is 2.53. The van der Waals surface area contributed by atoms with Gasteiger partial charge in [0, 0.05) is 12.1 Å². The Bertz CT molecular complexity index is 868. The van der Waals surface area contributed by atoms with E-state index in [1.54, 1.807) is 11.8 Å². The van der Waals surface area contributed by atoms with Crippen LogP contribution >= 0.6 is 11.8 Å². The van der Waals surface area contributed by atoms with Crippen LogP contribution < -0.4 is 39.6 Å². The van der Waals surface area contributed by atoms with Crippen molar-refractivity contribution in [3.63, 3.8) is 0 Å². The second kappa shape index (κ2) is 16.1. The van der Waals surface area contributed by atoms with Gasteiger partial charge in [0.25, 0.3) is 0 Å². The number of carbonyl (C=O) groups is 2. The van der Waals surface area contributed by atoms with Crippen LogP contribution in [0.1, 0.15) is 38.8 Å². The van der Waals surface area contributed by atoms with Crippen LogP contribution in [0, 0.1) is 0 Å². The standard InChI is InChI=1S/C25H33NO5S.Na.H2O/c1-6-32-22(23(27)29-5)17-19-9-13-21(14-10-19)30-16-15-18-7-11-20(12-8-18)26-24(28)31-25(2,3)4;;/h7-14,22H,6,15-17H2,1-5H3,(H,26,28);;1H2/q;+1;/p-1. The van der Waals surface area contributed by atoms with E-state index in [0.717, 1.165) is 29.1 Å². The van der Waals surface area contributed by atoms with Gasteiger partial charge in [0.2, 0.25) is 0 Å². The normalized spacial score (nSPS) is 11.3. The van der Waals surface area contributed by atoms with Crippen molar-refractivity contribution in [1.29, 1.82) is 0 Å². The molecule has 2 aromatic rings. The van der Waals surface area contributed by atoms with Crippen molar-refractivity contribution in [2.45, 2.75) is 51.4 Å². The molecule has 7 nitrogen and oxygen atoms in total.